The van der Waals surface area contributed by atoms with Crippen molar-refractivity contribution in [2.24, 2.45) is 35.0 Å². The third-order valence-corrected chi connectivity index (χ3v) is 7.55. The Morgan fingerprint density at radius 1 is 1.36 bits per heavy atom. The Hall–Kier alpha value is -0.720. The van der Waals surface area contributed by atoms with Crippen molar-refractivity contribution in [2.45, 2.75) is 57.5 Å². The zero-order valence-corrected chi connectivity index (χ0v) is 15.4. The number of rotatable bonds is 5. The molecule has 0 bridgehead atoms. The fourth-order valence-electron chi connectivity index (χ4n) is 6.02. The van der Waals surface area contributed by atoms with Crippen molar-refractivity contribution in [1.82, 2.24) is 0 Å². The van der Waals surface area contributed by atoms with E-state index in [9.17, 15) is 20.4 Å². The maximum Gasteiger partial charge on any atom is 0.169 e. The maximum absolute atomic E-state index is 10.7. The first-order valence-electron chi connectivity index (χ1n) is 9.30. The van der Waals surface area contributed by atoms with E-state index in [1.54, 1.807) is 0 Å². The number of fused-ring (bicyclic) bond motifs is 4. The molecule has 5 nitrogen and oxygen atoms in total. The van der Waals surface area contributed by atoms with E-state index >= 15 is 0 Å². The molecule has 8 unspecified atom stereocenters. The molecule has 0 aliphatic heterocycles. The van der Waals surface area contributed by atoms with Gasteiger partial charge in [0.2, 0.25) is 0 Å². The highest BCUT2D eigenvalue weighted by Gasteiger charge is 2.75. The monoisotopic (exact) mass is 352 g/mol. The Morgan fingerprint density at radius 2 is 2.00 bits per heavy atom. The predicted molar refractivity (Wildman–Crippen MR) is 94.2 cm³/mol. The third-order valence-electron chi connectivity index (χ3n) is 7.55. The summed E-state index contributed by atoms with van der Waals surface area (Å²) in [6.07, 6.45) is 4.13. The minimum Gasteiger partial charge on any atom is -0.393 e. The molecule has 0 aromatic carbocycles. The lowest BCUT2D eigenvalue weighted by Gasteiger charge is -2.60. The number of aliphatic hydroxyl groups is 5. The molecule has 3 aliphatic rings. The van der Waals surface area contributed by atoms with E-state index < -0.39 is 29.5 Å². The van der Waals surface area contributed by atoms with Crippen LogP contribution in [0.2, 0.25) is 0 Å². The Bertz CT molecular complexity index is 581. The molecule has 0 amide bonds. The predicted octanol–water partition coefficient (Wildman–Crippen LogP) is 1.20. The van der Waals surface area contributed by atoms with Gasteiger partial charge in [0.1, 0.15) is 5.60 Å². The van der Waals surface area contributed by atoms with Crippen molar-refractivity contribution < 1.29 is 25.5 Å². The summed E-state index contributed by atoms with van der Waals surface area (Å²) in [7, 11) is 0. The van der Waals surface area contributed by atoms with E-state index in [2.05, 4.69) is 13.5 Å². The van der Waals surface area contributed by atoms with Crippen LogP contribution in [-0.4, -0.2) is 49.6 Å². The van der Waals surface area contributed by atoms with E-state index in [1.165, 1.54) is 19.1 Å². The van der Waals surface area contributed by atoms with E-state index in [0.29, 0.717) is 23.3 Å². The van der Waals surface area contributed by atoms with E-state index in [0.717, 1.165) is 12.8 Å². The first kappa shape index (κ1) is 19.1. The Kier molecular flexibility index (Phi) is 4.49. The van der Waals surface area contributed by atoms with Gasteiger partial charge in [-0.15, -0.1) is 0 Å². The van der Waals surface area contributed by atoms with E-state index in [4.69, 9.17) is 5.11 Å². The molecule has 3 rings (SSSR count). The minimum atomic E-state index is -1.74. The van der Waals surface area contributed by atoms with Gasteiger partial charge < -0.3 is 25.5 Å². The summed E-state index contributed by atoms with van der Waals surface area (Å²) < 4.78 is 0. The van der Waals surface area contributed by atoms with Gasteiger partial charge in [-0.1, -0.05) is 39.0 Å². The van der Waals surface area contributed by atoms with Crippen LogP contribution in [0.3, 0.4) is 0 Å². The molecule has 142 valence electrons. The second-order valence-corrected chi connectivity index (χ2v) is 9.07. The topological polar surface area (TPSA) is 101 Å². The average Bonchev–Trinajstić information content (AvgIpc) is 2.95. The van der Waals surface area contributed by atoms with Crippen molar-refractivity contribution in [2.75, 3.05) is 6.61 Å². The lowest BCUT2D eigenvalue weighted by molar-refractivity contribution is -0.290. The Labute approximate surface area is 149 Å². The Morgan fingerprint density at radius 3 is 2.60 bits per heavy atom. The molecule has 0 saturated heterocycles. The van der Waals surface area contributed by atoms with Crippen LogP contribution in [-0.2, 0) is 0 Å². The van der Waals surface area contributed by atoms with Crippen LogP contribution in [0.5, 0.6) is 0 Å². The zero-order valence-electron chi connectivity index (χ0n) is 15.4. The van der Waals surface area contributed by atoms with E-state index in [-0.39, 0.29) is 18.3 Å². The highest BCUT2D eigenvalue weighted by molar-refractivity contribution is 5.29. The summed E-state index contributed by atoms with van der Waals surface area (Å²) in [5.41, 5.74) is -1.38. The fraction of sp³-hybridized carbons (Fsp3) is 0.800. The van der Waals surface area contributed by atoms with Crippen molar-refractivity contribution in [3.8, 4) is 0 Å². The molecule has 0 radical (unpaired) electrons. The molecular formula is C20H32O5. The first-order chi connectivity index (χ1) is 11.5. The largest absolute Gasteiger partial charge is 0.393 e. The molecule has 0 heterocycles. The van der Waals surface area contributed by atoms with Gasteiger partial charge in [-0.3, -0.25) is 0 Å². The minimum absolute atomic E-state index is 0.110. The summed E-state index contributed by atoms with van der Waals surface area (Å²) in [5, 5.41) is 50.9. The van der Waals surface area contributed by atoms with Gasteiger partial charge in [0, 0.05) is 11.8 Å². The molecule has 8 atom stereocenters. The zero-order chi connectivity index (χ0) is 18.8. The summed E-state index contributed by atoms with van der Waals surface area (Å²) in [4.78, 5) is 0. The van der Waals surface area contributed by atoms with Gasteiger partial charge >= 0.3 is 0 Å². The summed E-state index contributed by atoms with van der Waals surface area (Å²) in [6.45, 7) is 9.27. The lowest BCUT2D eigenvalue weighted by Crippen LogP contribution is -2.62. The summed E-state index contributed by atoms with van der Waals surface area (Å²) >= 11 is 0. The smallest absolute Gasteiger partial charge is 0.169 e. The van der Waals surface area contributed by atoms with Gasteiger partial charge in [0.15, 0.2) is 5.79 Å². The first-order valence-corrected chi connectivity index (χ1v) is 9.30. The molecule has 25 heavy (non-hydrogen) atoms. The number of hydrogen-bond acceptors (Lipinski definition) is 5. The molecule has 5 heteroatoms. The quantitative estimate of drug-likeness (QED) is 0.378. The van der Waals surface area contributed by atoms with Crippen LogP contribution in [0.15, 0.2) is 24.3 Å². The van der Waals surface area contributed by atoms with Gasteiger partial charge in [-0.25, -0.2) is 0 Å². The second kappa shape index (κ2) is 5.89. The number of hydrogen-bond donors (Lipinski definition) is 5. The van der Waals surface area contributed by atoms with Crippen LogP contribution in [0.4, 0.5) is 0 Å². The molecule has 3 fully saturated rings. The standard InChI is InChI=1S/C20H32O5/c1-11-5-6-14-16(11)17-13(9-20(24,25)19(14,17)4)12(2)15(22)7-8-18(3,23)10-21/h7-8,11,13-17,21-25H,2,5-6,9-10H2,1,3-4H3. The third kappa shape index (κ3) is 2.63. The molecule has 0 spiro atoms. The van der Waals surface area contributed by atoms with Crippen LogP contribution in [0, 0.1) is 35.0 Å². The number of aliphatic hydroxyl groups excluding tert-OH is 2. The highest BCUT2D eigenvalue weighted by Crippen LogP contribution is 2.75. The highest BCUT2D eigenvalue weighted by atomic mass is 16.5. The summed E-state index contributed by atoms with van der Waals surface area (Å²) in [6, 6.07) is 0. The second-order valence-electron chi connectivity index (χ2n) is 9.07. The SMILES string of the molecule is C=C(C(O)C=CC(C)(O)CO)C1CC(O)(O)C2(C)C3CCC(C)C3C12. The van der Waals surface area contributed by atoms with Crippen molar-refractivity contribution in [1.29, 1.82) is 0 Å². The van der Waals surface area contributed by atoms with Crippen molar-refractivity contribution in [3.63, 3.8) is 0 Å². The molecule has 0 aromatic heterocycles. The van der Waals surface area contributed by atoms with Crippen LogP contribution >= 0.6 is 0 Å². The maximum atomic E-state index is 10.7. The van der Waals surface area contributed by atoms with E-state index in [1.807, 2.05) is 6.92 Å². The van der Waals surface area contributed by atoms with Gasteiger partial charge in [0.05, 0.1) is 12.7 Å². The molecular weight excluding hydrogens is 320 g/mol. The molecule has 3 saturated carbocycles. The fourth-order valence-corrected chi connectivity index (χ4v) is 6.02. The summed E-state index contributed by atoms with van der Waals surface area (Å²) in [5.74, 6) is -0.474. The van der Waals surface area contributed by atoms with Crippen molar-refractivity contribution >= 4 is 0 Å². The molecule has 0 aromatic rings. The van der Waals surface area contributed by atoms with Crippen LogP contribution < -0.4 is 0 Å². The average molecular weight is 352 g/mol. The molecule has 5 N–H and O–H groups in total. The van der Waals surface area contributed by atoms with Gasteiger partial charge in [0.25, 0.3) is 0 Å². The molecule has 3 aliphatic carbocycles. The van der Waals surface area contributed by atoms with Crippen LogP contribution in [0.1, 0.15) is 40.0 Å². The van der Waals surface area contributed by atoms with Gasteiger partial charge in [-0.05, 0) is 48.5 Å². The lowest BCUT2D eigenvalue weighted by atomic mass is 9.45. The van der Waals surface area contributed by atoms with Gasteiger partial charge in [-0.2, -0.15) is 0 Å². The normalized spacial score (nSPS) is 45.5. The Balaban J connectivity index is 1.82. The van der Waals surface area contributed by atoms with Crippen molar-refractivity contribution in [3.05, 3.63) is 24.3 Å². The van der Waals surface area contributed by atoms with Crippen LogP contribution in [0.25, 0.3) is 0 Å².